The number of nitrogens with zero attached hydrogens (tertiary/aromatic N) is 5. The summed E-state index contributed by atoms with van der Waals surface area (Å²) in [5, 5.41) is 9.26. The summed E-state index contributed by atoms with van der Waals surface area (Å²) >= 11 is 0.306. The van der Waals surface area contributed by atoms with E-state index in [0.29, 0.717) is 22.8 Å². The lowest BCUT2D eigenvalue weighted by molar-refractivity contribution is -0.137. The molecule has 0 saturated heterocycles. The van der Waals surface area contributed by atoms with Crippen LogP contribution < -0.4 is 10.6 Å². The fraction of sp³-hybridized carbons (Fsp3) is 0.269. The lowest BCUT2D eigenvalue weighted by Gasteiger charge is -2.17. The van der Waals surface area contributed by atoms with E-state index in [1.54, 1.807) is 29.1 Å². The average Bonchev–Trinajstić information content (AvgIpc) is 3.50. The highest BCUT2D eigenvalue weighted by molar-refractivity contribution is 7.13. The molecule has 1 aliphatic rings. The molecule has 3 aromatic heterocycles. The molecule has 0 bridgehead atoms. The van der Waals surface area contributed by atoms with Gasteiger partial charge in [-0.3, -0.25) is 14.5 Å². The van der Waals surface area contributed by atoms with E-state index in [0.717, 1.165) is 53.5 Å². The van der Waals surface area contributed by atoms with Crippen LogP contribution in [0.15, 0.2) is 55.1 Å². The van der Waals surface area contributed by atoms with Gasteiger partial charge in [0.15, 0.2) is 5.01 Å². The first-order valence-electron chi connectivity index (χ1n) is 11.9. The summed E-state index contributed by atoms with van der Waals surface area (Å²) in [6, 6.07) is 6.89. The van der Waals surface area contributed by atoms with Crippen LogP contribution in [0.5, 0.6) is 0 Å². The quantitative estimate of drug-likeness (QED) is 0.318. The number of benzene rings is 1. The van der Waals surface area contributed by atoms with Crippen LogP contribution in [0.1, 0.15) is 63.0 Å². The molecule has 0 spiro atoms. The molecule has 3 heterocycles. The first kappa shape index (κ1) is 25.6. The predicted molar refractivity (Wildman–Crippen MR) is 139 cm³/mol. The molecule has 0 aliphatic heterocycles. The van der Waals surface area contributed by atoms with Gasteiger partial charge in [0.2, 0.25) is 0 Å². The number of alkyl halides is 3. The van der Waals surface area contributed by atoms with E-state index in [1.807, 2.05) is 32.4 Å². The van der Waals surface area contributed by atoms with Gasteiger partial charge in [-0.05, 0) is 43.9 Å². The number of halogens is 3. The number of fused-ring (bicyclic) bond motifs is 1. The van der Waals surface area contributed by atoms with Gasteiger partial charge < -0.3 is 10.6 Å². The molecule has 1 aliphatic carbocycles. The van der Waals surface area contributed by atoms with Crippen LogP contribution in [-0.4, -0.2) is 30.6 Å². The van der Waals surface area contributed by atoms with Gasteiger partial charge in [-0.25, -0.2) is 9.97 Å². The molecular weight excluding hydrogens is 515 g/mol. The third kappa shape index (κ3) is 5.59. The van der Waals surface area contributed by atoms with Crippen LogP contribution in [-0.2, 0) is 19.6 Å². The van der Waals surface area contributed by atoms with Crippen LogP contribution in [0.25, 0.3) is 5.57 Å². The Hall–Kier alpha value is -4.06. The number of carbonyl (C=O) groups is 1. The first-order chi connectivity index (χ1) is 18.2. The van der Waals surface area contributed by atoms with E-state index in [1.165, 1.54) is 0 Å². The molecule has 0 fully saturated rings. The van der Waals surface area contributed by atoms with E-state index >= 15 is 0 Å². The Labute approximate surface area is 220 Å². The summed E-state index contributed by atoms with van der Waals surface area (Å²) in [5.74, 6) is -0.0474. The maximum Gasteiger partial charge on any atom is 0.443 e. The predicted octanol–water partition coefficient (Wildman–Crippen LogP) is 5.88. The van der Waals surface area contributed by atoms with Gasteiger partial charge in [-0.15, -0.1) is 11.3 Å². The van der Waals surface area contributed by atoms with Crippen molar-refractivity contribution in [1.29, 1.82) is 0 Å². The summed E-state index contributed by atoms with van der Waals surface area (Å²) < 4.78 is 40.2. The highest BCUT2D eigenvalue weighted by Crippen LogP contribution is 2.33. The average molecular weight is 540 g/mol. The lowest BCUT2D eigenvalue weighted by Crippen LogP contribution is -2.13. The number of aromatic nitrogens is 5. The molecule has 38 heavy (non-hydrogen) atoms. The normalized spacial score (nSPS) is 14.3. The maximum atomic E-state index is 12.8. The van der Waals surface area contributed by atoms with Crippen molar-refractivity contribution in [3.8, 4) is 0 Å². The summed E-state index contributed by atoms with van der Waals surface area (Å²) in [7, 11) is 1.88. The minimum absolute atomic E-state index is 0.119. The number of rotatable bonds is 6. The largest absolute Gasteiger partial charge is 0.443 e. The second-order valence-electron chi connectivity index (χ2n) is 8.94. The van der Waals surface area contributed by atoms with E-state index in [9.17, 15) is 18.0 Å². The van der Waals surface area contributed by atoms with Crippen molar-refractivity contribution in [2.75, 3.05) is 10.6 Å². The second-order valence-corrected chi connectivity index (χ2v) is 9.97. The van der Waals surface area contributed by atoms with Gasteiger partial charge in [0, 0.05) is 30.1 Å². The summed E-state index contributed by atoms with van der Waals surface area (Å²) in [6.45, 7) is 1.95. The van der Waals surface area contributed by atoms with Crippen molar-refractivity contribution in [3.05, 3.63) is 87.5 Å². The minimum Gasteiger partial charge on any atom is -0.362 e. The topological polar surface area (TPSA) is 97.6 Å². The summed E-state index contributed by atoms with van der Waals surface area (Å²) in [5.41, 5.74) is 5.08. The van der Waals surface area contributed by atoms with E-state index in [4.69, 9.17) is 4.98 Å². The zero-order chi connectivity index (χ0) is 26.9. The summed E-state index contributed by atoms with van der Waals surface area (Å²) in [4.78, 5) is 25.3. The smallest absolute Gasteiger partial charge is 0.362 e. The molecular formula is C26H24F3N7OS. The Bertz CT molecular complexity index is 1510. The van der Waals surface area contributed by atoms with Crippen LogP contribution >= 0.6 is 11.3 Å². The van der Waals surface area contributed by atoms with Gasteiger partial charge in [-0.1, -0.05) is 18.2 Å². The van der Waals surface area contributed by atoms with E-state index < -0.39 is 17.1 Å². The number of nitrogens with one attached hydrogen (secondary N) is 2. The molecule has 5 rings (SSSR count). The SMILES string of the molecule is C[C@H](Nc1cnc2c(n1)C(c1cnn(C)c1)=CCCC2)c1cccc(NC(=O)c2cnc(C(F)(F)F)s2)c1. The zero-order valence-corrected chi connectivity index (χ0v) is 21.4. The highest BCUT2D eigenvalue weighted by Gasteiger charge is 2.35. The second kappa shape index (κ2) is 10.4. The van der Waals surface area contributed by atoms with Crippen LogP contribution in [0, 0.1) is 0 Å². The number of amides is 1. The molecule has 196 valence electrons. The van der Waals surface area contributed by atoms with Crippen LogP contribution in [0.2, 0.25) is 0 Å². The highest BCUT2D eigenvalue weighted by atomic mass is 32.1. The van der Waals surface area contributed by atoms with Crippen molar-refractivity contribution in [1.82, 2.24) is 24.7 Å². The van der Waals surface area contributed by atoms with Crippen LogP contribution in [0.3, 0.4) is 0 Å². The number of thiazole rings is 1. The lowest BCUT2D eigenvalue weighted by atomic mass is 10.0. The first-order valence-corrected chi connectivity index (χ1v) is 12.8. The Morgan fingerprint density at radius 3 is 2.76 bits per heavy atom. The number of aryl methyl sites for hydroxylation is 2. The van der Waals surface area contributed by atoms with Crippen LogP contribution in [0.4, 0.5) is 24.7 Å². The van der Waals surface area contributed by atoms with Crippen molar-refractivity contribution in [2.45, 2.75) is 38.4 Å². The van der Waals surface area contributed by atoms with Crippen molar-refractivity contribution >= 4 is 34.3 Å². The molecule has 4 aromatic rings. The number of hydrogen-bond donors (Lipinski definition) is 2. The van der Waals surface area contributed by atoms with Crippen molar-refractivity contribution in [3.63, 3.8) is 0 Å². The number of anilines is 2. The molecule has 2 N–H and O–H groups in total. The van der Waals surface area contributed by atoms with Gasteiger partial charge in [0.1, 0.15) is 10.7 Å². The number of carbonyl (C=O) groups excluding carboxylic acids is 1. The summed E-state index contributed by atoms with van der Waals surface area (Å²) in [6.07, 6.45) is 6.78. The molecule has 0 saturated carbocycles. The molecule has 1 aromatic carbocycles. The Kier molecular flexibility index (Phi) is 6.98. The molecule has 1 amide bonds. The zero-order valence-electron chi connectivity index (χ0n) is 20.6. The van der Waals surface area contributed by atoms with E-state index in [2.05, 4.69) is 31.8 Å². The molecule has 12 heteroatoms. The molecule has 1 atom stereocenters. The molecule has 0 unspecified atom stereocenters. The maximum absolute atomic E-state index is 12.8. The Morgan fingerprint density at radius 1 is 1.18 bits per heavy atom. The fourth-order valence-electron chi connectivity index (χ4n) is 4.20. The standard InChI is InChI=1S/C26H24F3N7OS/c1-15(16-6-5-7-18(10-16)34-24(37)21-12-31-25(38-21)26(27,28)29)33-22-13-30-20-9-4-3-8-19(23(20)35-22)17-11-32-36(2)14-17/h5-8,10-15H,3-4,9H2,1-2H3,(H,33,35)(H,34,37)/t15-/m0/s1. The third-order valence-electron chi connectivity index (χ3n) is 6.07. The Balaban J connectivity index is 1.32. The van der Waals surface area contributed by atoms with Gasteiger partial charge in [0.05, 0.1) is 36.0 Å². The van der Waals surface area contributed by atoms with Gasteiger partial charge in [-0.2, -0.15) is 18.3 Å². The van der Waals surface area contributed by atoms with Gasteiger partial charge >= 0.3 is 6.18 Å². The van der Waals surface area contributed by atoms with E-state index in [-0.39, 0.29) is 10.9 Å². The third-order valence-corrected chi connectivity index (χ3v) is 7.11. The monoisotopic (exact) mass is 539 g/mol. The minimum atomic E-state index is -4.59. The number of hydrogen-bond acceptors (Lipinski definition) is 7. The molecule has 0 radical (unpaired) electrons. The van der Waals surface area contributed by atoms with Crippen molar-refractivity contribution in [2.24, 2.45) is 7.05 Å². The number of allylic oxidation sites excluding steroid dienone is 1. The van der Waals surface area contributed by atoms with Crippen molar-refractivity contribution < 1.29 is 18.0 Å². The van der Waals surface area contributed by atoms with Gasteiger partial charge in [0.25, 0.3) is 5.91 Å². The molecule has 8 nitrogen and oxygen atoms in total. The Morgan fingerprint density at radius 2 is 2.03 bits per heavy atom. The fourth-order valence-corrected chi connectivity index (χ4v) is 4.88.